The Balaban J connectivity index is 1.97. The first kappa shape index (κ1) is 29.0. The van der Waals surface area contributed by atoms with Gasteiger partial charge in [0.25, 0.3) is 5.91 Å². The van der Waals surface area contributed by atoms with Crippen LogP contribution in [-0.4, -0.2) is 56.6 Å². The second-order valence-electron chi connectivity index (χ2n) is 9.62. The van der Waals surface area contributed by atoms with Crippen molar-refractivity contribution in [2.45, 2.75) is 46.1 Å². The summed E-state index contributed by atoms with van der Waals surface area (Å²) >= 11 is 1.40. The summed E-state index contributed by atoms with van der Waals surface area (Å²) in [7, 11) is -2.05. The highest BCUT2D eigenvalue weighted by Crippen LogP contribution is 2.28. The molecule has 0 N–H and O–H groups in total. The van der Waals surface area contributed by atoms with Gasteiger partial charge in [0.15, 0.2) is 4.80 Å². The van der Waals surface area contributed by atoms with Gasteiger partial charge in [-0.15, -0.1) is 0 Å². The van der Waals surface area contributed by atoms with Gasteiger partial charge in [0.1, 0.15) is 11.3 Å². The number of nitrogens with zero attached hydrogens (tertiary/aromatic N) is 3. The number of amides is 1. The number of ether oxygens (including phenoxy) is 2. The molecular weight excluding hydrogens is 510 g/mol. The van der Waals surface area contributed by atoms with Gasteiger partial charge in [-0.1, -0.05) is 45.1 Å². The topological polar surface area (TPSA) is 90.2 Å². The number of rotatable bonds is 12. The smallest absolute Gasteiger partial charge is 0.279 e. The molecule has 0 saturated heterocycles. The van der Waals surface area contributed by atoms with E-state index in [1.54, 1.807) is 7.11 Å². The molecule has 1 heterocycles. The third kappa shape index (κ3) is 7.07. The van der Waals surface area contributed by atoms with Crippen molar-refractivity contribution in [3.63, 3.8) is 0 Å². The van der Waals surface area contributed by atoms with E-state index in [0.717, 1.165) is 16.0 Å². The number of para-hydroxylation sites is 1. The van der Waals surface area contributed by atoms with Crippen molar-refractivity contribution in [1.82, 2.24) is 8.87 Å². The van der Waals surface area contributed by atoms with Gasteiger partial charge < -0.3 is 14.0 Å². The second kappa shape index (κ2) is 12.8. The van der Waals surface area contributed by atoms with Crippen LogP contribution in [0.2, 0.25) is 0 Å². The van der Waals surface area contributed by atoms with E-state index in [0.29, 0.717) is 43.2 Å². The van der Waals surface area contributed by atoms with Crippen molar-refractivity contribution in [3.05, 3.63) is 52.8 Å². The average molecular weight is 548 g/mol. The van der Waals surface area contributed by atoms with Crippen LogP contribution in [0.3, 0.4) is 0 Å². The summed E-state index contributed by atoms with van der Waals surface area (Å²) in [5.41, 5.74) is 1.19. The lowest BCUT2D eigenvalue weighted by atomic mass is 10.2. The normalized spacial score (nSPS) is 12.8. The number of methoxy groups -OCH3 is 1. The van der Waals surface area contributed by atoms with Crippen LogP contribution in [0, 0.1) is 11.8 Å². The lowest BCUT2D eigenvalue weighted by Crippen LogP contribution is -2.37. The molecule has 0 spiro atoms. The van der Waals surface area contributed by atoms with Crippen LogP contribution in [0.4, 0.5) is 0 Å². The highest BCUT2D eigenvalue weighted by molar-refractivity contribution is 7.89. The van der Waals surface area contributed by atoms with Crippen LogP contribution in [0.5, 0.6) is 5.75 Å². The third-order valence-electron chi connectivity index (χ3n) is 5.56. The summed E-state index contributed by atoms with van der Waals surface area (Å²) < 4.78 is 42.1. The first-order valence-corrected chi connectivity index (χ1v) is 14.8. The molecule has 1 amide bonds. The summed E-state index contributed by atoms with van der Waals surface area (Å²) in [5.74, 6) is 0.675. The summed E-state index contributed by atoms with van der Waals surface area (Å²) in [4.78, 5) is 18.2. The summed E-state index contributed by atoms with van der Waals surface area (Å²) in [5, 5.41) is 0. The van der Waals surface area contributed by atoms with E-state index in [4.69, 9.17) is 9.47 Å². The Labute approximate surface area is 223 Å². The first-order valence-electron chi connectivity index (χ1n) is 12.5. The fourth-order valence-corrected chi connectivity index (χ4v) is 6.84. The SMILES string of the molecule is CCOc1cccc2sc(=NC(=O)c3ccc(S(=O)(=O)N(CC(C)C)CC(C)C)cc3)n(CCOC)c12. The number of carbonyl (C=O) groups excluding carboxylic acids is 1. The number of carbonyl (C=O) groups is 1. The van der Waals surface area contributed by atoms with Crippen molar-refractivity contribution in [3.8, 4) is 5.75 Å². The lowest BCUT2D eigenvalue weighted by molar-refractivity contribution is 0.0997. The molecule has 0 bridgehead atoms. The van der Waals surface area contributed by atoms with Gasteiger partial charge in [-0.05, 0) is 55.2 Å². The maximum atomic E-state index is 13.3. The minimum Gasteiger partial charge on any atom is -0.492 e. The molecule has 202 valence electrons. The van der Waals surface area contributed by atoms with Gasteiger partial charge in [-0.25, -0.2) is 8.42 Å². The second-order valence-corrected chi connectivity index (χ2v) is 12.6. The number of sulfonamides is 1. The maximum Gasteiger partial charge on any atom is 0.279 e. The zero-order valence-corrected chi connectivity index (χ0v) is 24.1. The summed E-state index contributed by atoms with van der Waals surface area (Å²) in [6.45, 7) is 12.3. The van der Waals surface area contributed by atoms with Gasteiger partial charge in [0, 0.05) is 32.3 Å². The fourth-order valence-electron chi connectivity index (χ4n) is 4.00. The molecule has 0 aliphatic carbocycles. The number of hydrogen-bond donors (Lipinski definition) is 0. The Morgan fingerprint density at radius 1 is 1.05 bits per heavy atom. The standard InChI is InChI=1S/C27H37N3O5S2/c1-7-35-23-9-8-10-24-25(23)30(15-16-34-6)27(36-24)28-26(31)21-11-13-22(14-12-21)37(32,33)29(17-19(2)3)18-20(4)5/h8-14,19-20H,7,15-18H2,1-6H3. The van der Waals surface area contributed by atoms with Crippen LogP contribution < -0.4 is 9.54 Å². The zero-order chi connectivity index (χ0) is 27.2. The minimum absolute atomic E-state index is 0.170. The van der Waals surface area contributed by atoms with E-state index in [1.807, 2.05) is 57.4 Å². The monoisotopic (exact) mass is 547 g/mol. The van der Waals surface area contributed by atoms with Crippen LogP contribution in [0.1, 0.15) is 45.0 Å². The number of thiazole rings is 1. The average Bonchev–Trinajstić information content (AvgIpc) is 3.19. The van der Waals surface area contributed by atoms with E-state index < -0.39 is 15.9 Å². The molecule has 1 aromatic heterocycles. The number of fused-ring (bicyclic) bond motifs is 1. The number of benzene rings is 2. The van der Waals surface area contributed by atoms with Gasteiger partial charge in [-0.2, -0.15) is 9.30 Å². The maximum absolute atomic E-state index is 13.3. The first-order chi connectivity index (χ1) is 17.6. The molecule has 0 radical (unpaired) electrons. The van der Waals surface area contributed by atoms with Crippen molar-refractivity contribution < 1.29 is 22.7 Å². The van der Waals surface area contributed by atoms with E-state index >= 15 is 0 Å². The molecule has 0 aliphatic heterocycles. The van der Waals surface area contributed by atoms with Crippen LogP contribution in [-0.2, 0) is 21.3 Å². The zero-order valence-electron chi connectivity index (χ0n) is 22.4. The van der Waals surface area contributed by atoms with Crippen molar-refractivity contribution >= 4 is 37.5 Å². The Bertz CT molecular complexity index is 1360. The summed E-state index contributed by atoms with van der Waals surface area (Å²) in [6.07, 6.45) is 0. The highest BCUT2D eigenvalue weighted by atomic mass is 32.2. The van der Waals surface area contributed by atoms with E-state index in [2.05, 4.69) is 4.99 Å². The number of hydrogen-bond acceptors (Lipinski definition) is 6. The van der Waals surface area contributed by atoms with Crippen LogP contribution in [0.25, 0.3) is 10.2 Å². The third-order valence-corrected chi connectivity index (χ3v) is 8.45. The van der Waals surface area contributed by atoms with E-state index in [9.17, 15) is 13.2 Å². The molecule has 3 aromatic rings. The predicted octanol–water partition coefficient (Wildman–Crippen LogP) is 4.79. The molecule has 37 heavy (non-hydrogen) atoms. The molecule has 3 rings (SSSR count). The van der Waals surface area contributed by atoms with E-state index in [1.165, 1.54) is 39.9 Å². The molecule has 0 unspecified atom stereocenters. The van der Waals surface area contributed by atoms with Gasteiger partial charge in [-0.3, -0.25) is 4.79 Å². The molecule has 2 aromatic carbocycles. The molecule has 10 heteroatoms. The quantitative estimate of drug-likeness (QED) is 0.325. The van der Waals surface area contributed by atoms with Crippen LogP contribution in [0.15, 0.2) is 52.4 Å². The molecule has 0 aliphatic rings. The fraction of sp³-hybridized carbons (Fsp3) is 0.481. The van der Waals surface area contributed by atoms with Crippen LogP contribution >= 0.6 is 11.3 Å². The Hall–Kier alpha value is -2.53. The molecule has 0 atom stereocenters. The van der Waals surface area contributed by atoms with Gasteiger partial charge in [0.2, 0.25) is 10.0 Å². The van der Waals surface area contributed by atoms with Crippen molar-refractivity contribution in [1.29, 1.82) is 0 Å². The Kier molecular flexibility index (Phi) is 10.1. The molecule has 8 nitrogen and oxygen atoms in total. The van der Waals surface area contributed by atoms with Crippen molar-refractivity contribution in [2.75, 3.05) is 33.4 Å². The largest absolute Gasteiger partial charge is 0.492 e. The van der Waals surface area contributed by atoms with E-state index in [-0.39, 0.29) is 16.7 Å². The highest BCUT2D eigenvalue weighted by Gasteiger charge is 2.26. The Morgan fingerprint density at radius 2 is 1.70 bits per heavy atom. The van der Waals surface area contributed by atoms with Gasteiger partial charge in [0.05, 0.1) is 22.8 Å². The lowest BCUT2D eigenvalue weighted by Gasteiger charge is -2.25. The predicted molar refractivity (Wildman–Crippen MR) is 148 cm³/mol. The molecule has 0 fully saturated rings. The Morgan fingerprint density at radius 3 is 2.27 bits per heavy atom. The van der Waals surface area contributed by atoms with Gasteiger partial charge >= 0.3 is 0 Å². The molecular formula is C27H37N3O5S2. The van der Waals surface area contributed by atoms with Crippen molar-refractivity contribution in [2.24, 2.45) is 16.8 Å². The minimum atomic E-state index is -3.68. The number of aromatic nitrogens is 1. The molecule has 0 saturated carbocycles. The summed E-state index contributed by atoms with van der Waals surface area (Å²) in [6, 6.07) is 11.8.